The van der Waals surface area contributed by atoms with Crippen LogP contribution in [-0.4, -0.2) is 9.78 Å². The Kier molecular flexibility index (Phi) is 3.02. The molecule has 1 aromatic heterocycles. The normalized spacial score (nSPS) is 10.2. The van der Waals surface area contributed by atoms with Crippen LogP contribution in [0.4, 0.5) is 0 Å². The van der Waals surface area contributed by atoms with Gasteiger partial charge < -0.3 is 0 Å². The second kappa shape index (κ2) is 3.20. The van der Waals surface area contributed by atoms with E-state index in [1.165, 1.54) is 7.27 Å². The molecule has 0 saturated heterocycles. The molecule has 0 fully saturated rings. The van der Waals surface area contributed by atoms with E-state index < -0.39 is 0 Å². The Morgan fingerprint density at radius 2 is 1.89 bits per heavy atom. The molecule has 5 heteroatoms. The number of rotatable bonds is 0. The summed E-state index contributed by atoms with van der Waals surface area (Å²) in [6, 6.07) is 0. The molecule has 0 amide bonds. The minimum absolute atomic E-state index is 1.08. The van der Waals surface area contributed by atoms with Gasteiger partial charge in [0.25, 0.3) is 0 Å². The van der Waals surface area contributed by atoms with Crippen LogP contribution in [0.3, 0.4) is 0 Å². The third-order valence-corrected chi connectivity index (χ3v) is 5.96. The topological polar surface area (TPSA) is 17.8 Å². The van der Waals surface area contributed by atoms with E-state index in [1.807, 2.05) is 11.7 Å². The van der Waals surface area contributed by atoms with Crippen LogP contribution in [0.15, 0.2) is 0 Å². The van der Waals surface area contributed by atoms with Crippen molar-refractivity contribution < 1.29 is 0 Å². The molecule has 0 bridgehead atoms. The summed E-state index contributed by atoms with van der Waals surface area (Å²) in [5.74, 6) is 0. The molecule has 1 heterocycles. The molecular formula is C4H3I3N2. The van der Waals surface area contributed by atoms with Crippen molar-refractivity contribution in [2.24, 2.45) is 7.05 Å². The largest absolute Gasteiger partial charge is 0.260 e. The maximum Gasteiger partial charge on any atom is 0.137 e. The first-order chi connectivity index (χ1) is 4.13. The Morgan fingerprint density at radius 3 is 2.00 bits per heavy atom. The Morgan fingerprint density at radius 1 is 1.33 bits per heavy atom. The summed E-state index contributed by atoms with van der Waals surface area (Å²) in [5, 5.41) is 4.20. The van der Waals surface area contributed by atoms with Crippen LogP contribution < -0.4 is 0 Å². The number of hydrogen-bond donors (Lipinski definition) is 0. The molecule has 0 unspecified atom stereocenters. The average molecular weight is 460 g/mol. The molecule has 0 saturated carbocycles. The van der Waals surface area contributed by atoms with Crippen molar-refractivity contribution in [1.29, 1.82) is 0 Å². The van der Waals surface area contributed by atoms with Gasteiger partial charge in [-0.2, -0.15) is 5.10 Å². The predicted molar refractivity (Wildman–Crippen MR) is 61.4 cm³/mol. The van der Waals surface area contributed by atoms with Crippen molar-refractivity contribution in [2.45, 2.75) is 0 Å². The van der Waals surface area contributed by atoms with Crippen LogP contribution in [0.5, 0.6) is 0 Å². The molecule has 0 atom stereocenters. The second-order valence-electron chi connectivity index (χ2n) is 1.52. The minimum Gasteiger partial charge on any atom is -0.260 e. The van der Waals surface area contributed by atoms with E-state index in [0.29, 0.717) is 0 Å². The zero-order chi connectivity index (χ0) is 7.02. The highest BCUT2D eigenvalue weighted by molar-refractivity contribution is 14.1. The fourth-order valence-electron chi connectivity index (χ4n) is 0.447. The Hall–Kier alpha value is 1.40. The van der Waals surface area contributed by atoms with Gasteiger partial charge in [0.2, 0.25) is 0 Å². The van der Waals surface area contributed by atoms with Crippen LogP contribution in [-0.2, 0) is 7.05 Å². The first-order valence-electron chi connectivity index (χ1n) is 2.16. The number of halogens is 3. The van der Waals surface area contributed by atoms with Gasteiger partial charge in [-0.05, 0) is 67.8 Å². The lowest BCUT2D eigenvalue weighted by atomic mass is 10.8. The van der Waals surface area contributed by atoms with Crippen LogP contribution in [0.25, 0.3) is 0 Å². The van der Waals surface area contributed by atoms with E-state index in [4.69, 9.17) is 0 Å². The molecule has 0 N–H and O–H groups in total. The molecule has 0 radical (unpaired) electrons. The molecule has 1 aromatic rings. The Bertz CT molecular complexity index is 207. The average Bonchev–Trinajstić information content (AvgIpc) is 1.98. The van der Waals surface area contributed by atoms with Crippen LogP contribution >= 0.6 is 67.8 Å². The van der Waals surface area contributed by atoms with Gasteiger partial charge in [-0.3, -0.25) is 4.68 Å². The van der Waals surface area contributed by atoms with Gasteiger partial charge in [-0.15, -0.1) is 0 Å². The molecule has 1 rings (SSSR count). The van der Waals surface area contributed by atoms with E-state index in [1.54, 1.807) is 0 Å². The fraction of sp³-hybridized carbons (Fsp3) is 0.250. The van der Waals surface area contributed by atoms with E-state index in [0.717, 1.165) is 3.70 Å². The van der Waals surface area contributed by atoms with Crippen molar-refractivity contribution >= 4 is 67.8 Å². The van der Waals surface area contributed by atoms with Gasteiger partial charge in [0.15, 0.2) is 0 Å². The zero-order valence-corrected chi connectivity index (χ0v) is 11.0. The highest BCUT2D eigenvalue weighted by Gasteiger charge is 2.06. The van der Waals surface area contributed by atoms with Crippen LogP contribution in [0, 0.1) is 11.0 Å². The third kappa shape index (κ3) is 1.70. The monoisotopic (exact) mass is 460 g/mol. The third-order valence-electron chi connectivity index (χ3n) is 0.884. The zero-order valence-electron chi connectivity index (χ0n) is 4.53. The van der Waals surface area contributed by atoms with Crippen molar-refractivity contribution in [3.05, 3.63) is 11.0 Å². The SMILES string of the molecule is Cn1nc(I)c(I)c1I. The molecule has 0 aromatic carbocycles. The maximum atomic E-state index is 4.20. The standard InChI is InChI=1S/C4H3I3N2/c1-9-4(7)2(5)3(6)8-9/h1H3. The maximum absolute atomic E-state index is 4.20. The van der Waals surface area contributed by atoms with Gasteiger partial charge in [0.1, 0.15) is 7.40 Å². The summed E-state index contributed by atoms with van der Waals surface area (Å²) >= 11 is 6.80. The molecular weight excluding hydrogens is 457 g/mol. The molecule has 0 spiro atoms. The summed E-state index contributed by atoms with van der Waals surface area (Å²) < 4.78 is 5.42. The summed E-state index contributed by atoms with van der Waals surface area (Å²) in [7, 11) is 1.95. The molecule has 2 nitrogen and oxygen atoms in total. The lowest BCUT2D eigenvalue weighted by Crippen LogP contribution is -1.92. The van der Waals surface area contributed by atoms with E-state index in [-0.39, 0.29) is 0 Å². The molecule has 0 aliphatic heterocycles. The number of aryl methyl sites for hydroxylation is 1. The van der Waals surface area contributed by atoms with Crippen LogP contribution in [0.2, 0.25) is 0 Å². The van der Waals surface area contributed by atoms with E-state index in [9.17, 15) is 0 Å². The summed E-state index contributed by atoms with van der Waals surface area (Å²) in [6.07, 6.45) is 0. The van der Waals surface area contributed by atoms with Gasteiger partial charge in [0, 0.05) is 7.05 Å². The van der Waals surface area contributed by atoms with Gasteiger partial charge in [0.05, 0.1) is 3.57 Å². The van der Waals surface area contributed by atoms with Gasteiger partial charge in [-0.25, -0.2) is 0 Å². The second-order valence-corrected chi connectivity index (χ2v) is 4.64. The van der Waals surface area contributed by atoms with Gasteiger partial charge in [-0.1, -0.05) is 0 Å². The number of hydrogen-bond acceptors (Lipinski definition) is 1. The van der Waals surface area contributed by atoms with Crippen molar-refractivity contribution in [3.8, 4) is 0 Å². The summed E-state index contributed by atoms with van der Waals surface area (Å²) in [6.45, 7) is 0. The van der Waals surface area contributed by atoms with Crippen LogP contribution in [0.1, 0.15) is 0 Å². The first kappa shape index (κ1) is 8.50. The number of aromatic nitrogens is 2. The Labute approximate surface area is 94.2 Å². The van der Waals surface area contributed by atoms with Crippen molar-refractivity contribution in [1.82, 2.24) is 9.78 Å². The van der Waals surface area contributed by atoms with E-state index in [2.05, 4.69) is 72.9 Å². The fourth-order valence-corrected chi connectivity index (χ4v) is 2.36. The van der Waals surface area contributed by atoms with Crippen molar-refractivity contribution in [2.75, 3.05) is 0 Å². The first-order valence-corrected chi connectivity index (χ1v) is 5.40. The van der Waals surface area contributed by atoms with Crippen molar-refractivity contribution in [3.63, 3.8) is 0 Å². The Balaban J connectivity index is 3.29. The molecule has 0 aliphatic rings. The summed E-state index contributed by atoms with van der Waals surface area (Å²) in [5.41, 5.74) is 0. The summed E-state index contributed by atoms with van der Waals surface area (Å²) in [4.78, 5) is 0. The highest BCUT2D eigenvalue weighted by Crippen LogP contribution is 2.18. The highest BCUT2D eigenvalue weighted by atomic mass is 127. The van der Waals surface area contributed by atoms with E-state index >= 15 is 0 Å². The quantitative estimate of drug-likeness (QED) is 0.544. The predicted octanol–water partition coefficient (Wildman–Crippen LogP) is 2.23. The minimum atomic E-state index is 1.08. The molecule has 50 valence electrons. The lowest BCUT2D eigenvalue weighted by Gasteiger charge is -1.87. The smallest absolute Gasteiger partial charge is 0.137 e. The lowest BCUT2D eigenvalue weighted by molar-refractivity contribution is 0.740. The molecule has 9 heavy (non-hydrogen) atoms. The van der Waals surface area contributed by atoms with Gasteiger partial charge >= 0.3 is 0 Å². The molecule has 0 aliphatic carbocycles. The number of nitrogens with zero attached hydrogens (tertiary/aromatic N) is 2.